The lowest BCUT2D eigenvalue weighted by Crippen LogP contribution is -2.45. The number of aromatic nitrogens is 1. The first-order valence-corrected chi connectivity index (χ1v) is 15.3. The van der Waals surface area contributed by atoms with Crippen molar-refractivity contribution in [3.8, 4) is 5.75 Å². The summed E-state index contributed by atoms with van der Waals surface area (Å²) in [5.41, 5.74) is 6.85. The van der Waals surface area contributed by atoms with Crippen LogP contribution in [0.4, 0.5) is 13.2 Å². The summed E-state index contributed by atoms with van der Waals surface area (Å²) in [7, 11) is 0. The van der Waals surface area contributed by atoms with Gasteiger partial charge >= 0.3 is 6.36 Å². The summed E-state index contributed by atoms with van der Waals surface area (Å²) in [5, 5.41) is 2.91. The molecule has 3 nitrogen and oxygen atoms in total. The van der Waals surface area contributed by atoms with Gasteiger partial charge in [-0.2, -0.15) is 0 Å². The molecule has 0 saturated carbocycles. The minimum Gasteiger partial charge on any atom is -0.406 e. The molecule has 4 aromatic rings. The molecule has 42 heavy (non-hydrogen) atoms. The van der Waals surface area contributed by atoms with Crippen LogP contribution in [-0.4, -0.2) is 34.9 Å². The van der Waals surface area contributed by atoms with Crippen molar-refractivity contribution in [2.75, 3.05) is 13.1 Å². The summed E-state index contributed by atoms with van der Waals surface area (Å²) in [6.07, 6.45) is 1.30. The van der Waals surface area contributed by atoms with Crippen LogP contribution in [0.15, 0.2) is 60.8 Å². The molecule has 1 atom stereocenters. The fraction of sp³-hybridized carbons (Fsp3) is 0.444. The Balaban J connectivity index is 1.64. The summed E-state index contributed by atoms with van der Waals surface area (Å²) in [5.74, 6) is 0.445. The average molecular weight is 577 g/mol. The molecule has 0 amide bonds. The van der Waals surface area contributed by atoms with E-state index in [1.807, 2.05) is 24.3 Å². The predicted molar refractivity (Wildman–Crippen MR) is 169 cm³/mol. The minimum absolute atomic E-state index is 0.132. The van der Waals surface area contributed by atoms with Crippen LogP contribution in [0.3, 0.4) is 0 Å². The first kappa shape index (κ1) is 30.2. The normalized spacial score (nSPS) is 17.1. The van der Waals surface area contributed by atoms with Gasteiger partial charge in [0.2, 0.25) is 0 Å². The molecule has 6 heteroatoms. The van der Waals surface area contributed by atoms with Crippen molar-refractivity contribution in [1.82, 2.24) is 9.88 Å². The average Bonchev–Trinajstić information content (AvgIpc) is 3.37. The van der Waals surface area contributed by atoms with E-state index in [2.05, 4.69) is 80.6 Å². The molecule has 1 aromatic heterocycles. The topological polar surface area (TPSA) is 28.3 Å². The Hall–Kier alpha value is -3.25. The van der Waals surface area contributed by atoms with Gasteiger partial charge in [-0.1, -0.05) is 51.1 Å². The maximum absolute atomic E-state index is 13.3. The Morgan fingerprint density at radius 3 is 2.33 bits per heavy atom. The number of benzene rings is 3. The van der Waals surface area contributed by atoms with Crippen molar-refractivity contribution < 1.29 is 17.9 Å². The minimum atomic E-state index is -4.76. The van der Waals surface area contributed by atoms with Crippen LogP contribution in [0.25, 0.3) is 32.8 Å². The zero-order valence-electron chi connectivity index (χ0n) is 25.7. The molecule has 0 spiro atoms. The SMILES string of the molecule is CCC(=C(c1cc(OC(F)(F)F)cc2ccccc12)C(C)CC)c1ccc2[nH]cc(C3CCN(C(C)(C)C)CC3)c2c1. The fourth-order valence-electron chi connectivity index (χ4n) is 6.71. The van der Waals surface area contributed by atoms with Gasteiger partial charge in [-0.05, 0) is 134 Å². The third-order valence-corrected chi connectivity index (χ3v) is 9.09. The molecule has 0 aliphatic carbocycles. The molecule has 2 heterocycles. The van der Waals surface area contributed by atoms with Crippen LogP contribution in [0.1, 0.15) is 89.8 Å². The molecular weight excluding hydrogens is 533 g/mol. The lowest BCUT2D eigenvalue weighted by molar-refractivity contribution is -0.274. The number of hydrogen-bond acceptors (Lipinski definition) is 2. The van der Waals surface area contributed by atoms with E-state index < -0.39 is 6.36 Å². The summed E-state index contributed by atoms with van der Waals surface area (Å²) in [4.78, 5) is 6.08. The molecule has 3 aromatic carbocycles. The Morgan fingerprint density at radius 1 is 0.976 bits per heavy atom. The number of piperidine rings is 1. The zero-order chi connectivity index (χ0) is 30.2. The van der Waals surface area contributed by atoms with E-state index in [9.17, 15) is 13.2 Å². The molecule has 5 rings (SSSR count). The number of rotatable bonds is 7. The van der Waals surface area contributed by atoms with Gasteiger partial charge in [0.25, 0.3) is 0 Å². The molecule has 224 valence electrons. The molecule has 0 radical (unpaired) electrons. The summed E-state index contributed by atoms with van der Waals surface area (Å²) in [6, 6.07) is 17.3. The molecule has 1 saturated heterocycles. The van der Waals surface area contributed by atoms with Crippen molar-refractivity contribution in [3.05, 3.63) is 77.5 Å². The largest absolute Gasteiger partial charge is 0.573 e. The van der Waals surface area contributed by atoms with Crippen LogP contribution in [0, 0.1) is 5.92 Å². The Labute approximate surface area is 247 Å². The lowest BCUT2D eigenvalue weighted by Gasteiger charge is -2.41. The zero-order valence-corrected chi connectivity index (χ0v) is 25.7. The Kier molecular flexibility index (Phi) is 8.48. The van der Waals surface area contributed by atoms with Gasteiger partial charge in [-0.15, -0.1) is 13.2 Å². The van der Waals surface area contributed by atoms with E-state index in [0.29, 0.717) is 5.92 Å². The first-order valence-electron chi connectivity index (χ1n) is 15.3. The van der Waals surface area contributed by atoms with E-state index in [4.69, 9.17) is 0 Å². The molecule has 0 bridgehead atoms. The fourth-order valence-corrected chi connectivity index (χ4v) is 6.71. The van der Waals surface area contributed by atoms with Crippen LogP contribution in [-0.2, 0) is 0 Å². The van der Waals surface area contributed by atoms with Gasteiger partial charge in [-0.25, -0.2) is 0 Å². The summed E-state index contributed by atoms with van der Waals surface area (Å²) in [6.45, 7) is 15.5. The first-order chi connectivity index (χ1) is 19.9. The Bertz CT molecular complexity index is 1580. The van der Waals surface area contributed by atoms with Gasteiger partial charge in [0.1, 0.15) is 5.75 Å². The van der Waals surface area contributed by atoms with Gasteiger partial charge < -0.3 is 9.72 Å². The van der Waals surface area contributed by atoms with E-state index in [1.54, 1.807) is 6.07 Å². The molecule has 1 unspecified atom stereocenters. The summed E-state index contributed by atoms with van der Waals surface area (Å²) < 4.78 is 44.5. The molecule has 1 N–H and O–H groups in total. The second-order valence-corrected chi connectivity index (χ2v) is 12.7. The van der Waals surface area contributed by atoms with E-state index in [0.717, 1.165) is 77.3 Å². The lowest BCUT2D eigenvalue weighted by atomic mass is 9.81. The highest BCUT2D eigenvalue weighted by Gasteiger charge is 2.32. The third kappa shape index (κ3) is 6.24. The van der Waals surface area contributed by atoms with Crippen LogP contribution >= 0.6 is 0 Å². The van der Waals surface area contributed by atoms with Gasteiger partial charge in [0.15, 0.2) is 0 Å². The summed E-state index contributed by atoms with van der Waals surface area (Å²) >= 11 is 0. The highest BCUT2D eigenvalue weighted by molar-refractivity contribution is 6.03. The van der Waals surface area contributed by atoms with Crippen LogP contribution in [0.5, 0.6) is 5.75 Å². The molecular formula is C36H43F3N2O. The van der Waals surface area contributed by atoms with Crippen LogP contribution < -0.4 is 4.74 Å². The number of nitrogens with zero attached hydrogens (tertiary/aromatic N) is 1. The quantitative estimate of drug-likeness (QED) is 0.222. The number of H-pyrrole nitrogens is 1. The molecule has 1 fully saturated rings. The standard InChI is InChI=1S/C36H43F3N2O/c1-7-23(3)34(31-21-27(42-36(37,38)39)19-25-11-9-10-12-29(25)31)28(8-2)26-13-14-33-30(20-26)32(22-40-33)24-15-17-41(18-16-24)35(4,5)6/h9-14,19-24,40H,7-8,15-18H2,1-6H3. The third-order valence-electron chi connectivity index (χ3n) is 9.09. The number of halogens is 3. The second-order valence-electron chi connectivity index (χ2n) is 12.7. The van der Waals surface area contributed by atoms with E-state index >= 15 is 0 Å². The molecule has 1 aliphatic rings. The maximum atomic E-state index is 13.3. The van der Waals surface area contributed by atoms with Crippen molar-refractivity contribution in [2.45, 2.75) is 85.0 Å². The van der Waals surface area contributed by atoms with Crippen molar-refractivity contribution in [2.24, 2.45) is 5.92 Å². The number of aromatic amines is 1. The van der Waals surface area contributed by atoms with Crippen molar-refractivity contribution in [1.29, 1.82) is 0 Å². The van der Waals surface area contributed by atoms with Crippen molar-refractivity contribution in [3.63, 3.8) is 0 Å². The van der Waals surface area contributed by atoms with E-state index in [-0.39, 0.29) is 17.2 Å². The number of hydrogen-bond donors (Lipinski definition) is 1. The number of alkyl halides is 3. The highest BCUT2D eigenvalue weighted by atomic mass is 19.4. The van der Waals surface area contributed by atoms with Gasteiger partial charge in [0.05, 0.1) is 0 Å². The molecule has 1 aliphatic heterocycles. The van der Waals surface area contributed by atoms with Crippen molar-refractivity contribution >= 4 is 32.8 Å². The van der Waals surface area contributed by atoms with Crippen LogP contribution in [0.2, 0.25) is 0 Å². The Morgan fingerprint density at radius 2 is 1.69 bits per heavy atom. The predicted octanol–water partition coefficient (Wildman–Crippen LogP) is 10.6. The number of allylic oxidation sites excluding steroid dienone is 2. The monoisotopic (exact) mass is 576 g/mol. The number of fused-ring (bicyclic) bond motifs is 2. The maximum Gasteiger partial charge on any atom is 0.573 e. The number of ether oxygens (including phenoxy) is 1. The highest BCUT2D eigenvalue weighted by Crippen LogP contribution is 2.43. The van der Waals surface area contributed by atoms with E-state index in [1.165, 1.54) is 17.0 Å². The van der Waals surface area contributed by atoms with Gasteiger partial charge in [-0.3, -0.25) is 4.90 Å². The second kappa shape index (κ2) is 11.8. The number of likely N-dealkylation sites (tertiary alicyclic amines) is 1. The number of nitrogens with one attached hydrogen (secondary N) is 1. The smallest absolute Gasteiger partial charge is 0.406 e. The van der Waals surface area contributed by atoms with Gasteiger partial charge in [0, 0.05) is 22.6 Å².